The van der Waals surface area contributed by atoms with Gasteiger partial charge in [-0.15, -0.1) is 0 Å². The zero-order chi connectivity index (χ0) is 31.0. The predicted octanol–water partition coefficient (Wildman–Crippen LogP) is 12.3. The summed E-state index contributed by atoms with van der Waals surface area (Å²) in [6.45, 7) is 4.41. The van der Waals surface area contributed by atoms with Gasteiger partial charge in [-0.05, 0) is 87.3 Å². The van der Waals surface area contributed by atoms with Crippen LogP contribution in [0.15, 0.2) is 150 Å². The van der Waals surface area contributed by atoms with E-state index in [0.717, 1.165) is 66.6 Å². The number of rotatable bonds is 4. The zero-order valence-corrected chi connectivity index (χ0v) is 25.6. The van der Waals surface area contributed by atoms with Gasteiger partial charge in [-0.3, -0.25) is 0 Å². The van der Waals surface area contributed by atoms with E-state index in [1.165, 1.54) is 11.1 Å². The lowest BCUT2D eigenvalue weighted by Crippen LogP contribution is -2.15. The topological polar surface area (TPSA) is 16.4 Å². The zero-order valence-electron chi connectivity index (χ0n) is 25.6. The Morgan fingerprint density at radius 1 is 0.543 bits per heavy atom. The minimum Gasteiger partial charge on any atom is -0.454 e. The van der Waals surface area contributed by atoms with Crippen LogP contribution in [0.1, 0.15) is 25.0 Å². The third kappa shape index (κ3) is 3.88. The van der Waals surface area contributed by atoms with Crippen molar-refractivity contribution in [3.8, 4) is 22.3 Å². The summed E-state index contributed by atoms with van der Waals surface area (Å²) in [6, 6.07) is 50.0. The third-order valence-electron chi connectivity index (χ3n) is 9.73. The Morgan fingerprint density at radius 2 is 1.20 bits per heavy atom. The van der Waals surface area contributed by atoms with Crippen molar-refractivity contribution in [2.45, 2.75) is 19.3 Å². The summed E-state index contributed by atoms with van der Waals surface area (Å²) in [5.74, 6) is -0.160. The largest absolute Gasteiger partial charge is 0.454 e. The van der Waals surface area contributed by atoms with Gasteiger partial charge in [0.15, 0.2) is 5.58 Å². The van der Waals surface area contributed by atoms with Crippen molar-refractivity contribution < 1.29 is 8.81 Å². The third-order valence-corrected chi connectivity index (χ3v) is 9.73. The van der Waals surface area contributed by atoms with Gasteiger partial charge < -0.3 is 9.32 Å². The number of hydrogen-bond acceptors (Lipinski definition) is 2. The van der Waals surface area contributed by atoms with E-state index in [2.05, 4.69) is 116 Å². The first-order valence-electron chi connectivity index (χ1n) is 15.7. The van der Waals surface area contributed by atoms with Gasteiger partial charge in [-0.25, -0.2) is 4.39 Å². The van der Waals surface area contributed by atoms with E-state index < -0.39 is 0 Å². The fourth-order valence-corrected chi connectivity index (χ4v) is 7.43. The summed E-state index contributed by atoms with van der Waals surface area (Å²) >= 11 is 0. The number of para-hydroxylation sites is 3. The van der Waals surface area contributed by atoms with Crippen molar-refractivity contribution in [2.75, 3.05) is 4.90 Å². The van der Waals surface area contributed by atoms with Crippen molar-refractivity contribution in [2.24, 2.45) is 0 Å². The van der Waals surface area contributed by atoms with Crippen LogP contribution in [-0.4, -0.2) is 0 Å². The Kier molecular flexibility index (Phi) is 5.76. The molecule has 0 fully saturated rings. The van der Waals surface area contributed by atoms with E-state index in [-0.39, 0.29) is 11.2 Å². The Morgan fingerprint density at radius 3 is 2.00 bits per heavy atom. The molecule has 0 bridgehead atoms. The van der Waals surface area contributed by atoms with Crippen molar-refractivity contribution in [3.63, 3.8) is 0 Å². The van der Waals surface area contributed by atoms with Crippen LogP contribution in [0, 0.1) is 5.82 Å². The van der Waals surface area contributed by atoms with E-state index in [9.17, 15) is 0 Å². The molecule has 0 N–H and O–H groups in total. The highest BCUT2D eigenvalue weighted by molar-refractivity contribution is 6.10. The Labute approximate surface area is 267 Å². The fraction of sp³-hybridized carbons (Fsp3) is 0.0698. The molecule has 220 valence electrons. The van der Waals surface area contributed by atoms with Gasteiger partial charge >= 0.3 is 0 Å². The van der Waals surface area contributed by atoms with Crippen LogP contribution in [0.3, 0.4) is 0 Å². The summed E-state index contributed by atoms with van der Waals surface area (Å²) in [5.41, 5.74) is 11.4. The Balaban J connectivity index is 1.15. The van der Waals surface area contributed by atoms with Gasteiger partial charge in [0.2, 0.25) is 0 Å². The molecule has 1 heterocycles. The van der Waals surface area contributed by atoms with Gasteiger partial charge in [-0.2, -0.15) is 0 Å². The highest BCUT2D eigenvalue weighted by Gasteiger charge is 2.37. The maximum Gasteiger partial charge on any atom is 0.159 e. The molecule has 1 aliphatic carbocycles. The predicted molar refractivity (Wildman–Crippen MR) is 189 cm³/mol. The lowest BCUT2D eigenvalue weighted by molar-refractivity contribution is 0.619. The molecule has 0 saturated carbocycles. The Bertz CT molecular complexity index is 2460. The first-order chi connectivity index (χ1) is 22.5. The van der Waals surface area contributed by atoms with Crippen LogP contribution in [-0.2, 0) is 5.41 Å². The van der Waals surface area contributed by atoms with E-state index in [1.807, 2.05) is 42.5 Å². The van der Waals surface area contributed by atoms with Crippen LogP contribution < -0.4 is 4.90 Å². The summed E-state index contributed by atoms with van der Waals surface area (Å²) in [5, 5.41) is 3.85. The van der Waals surface area contributed by atoms with E-state index >= 15 is 4.39 Å². The van der Waals surface area contributed by atoms with Crippen LogP contribution in [0.5, 0.6) is 0 Å². The second kappa shape index (κ2) is 9.92. The molecule has 0 spiro atoms. The van der Waals surface area contributed by atoms with Crippen molar-refractivity contribution in [1.29, 1.82) is 0 Å². The normalized spacial score (nSPS) is 13.3. The molecule has 3 heteroatoms. The van der Waals surface area contributed by atoms with E-state index in [4.69, 9.17) is 4.42 Å². The van der Waals surface area contributed by atoms with Crippen LogP contribution >= 0.6 is 0 Å². The summed E-state index contributed by atoms with van der Waals surface area (Å²) in [6.07, 6.45) is 0. The minimum atomic E-state index is -0.319. The fourth-order valence-electron chi connectivity index (χ4n) is 7.43. The van der Waals surface area contributed by atoms with Crippen molar-refractivity contribution in [1.82, 2.24) is 0 Å². The molecule has 8 aromatic rings. The SMILES string of the molecule is CC1(C)c2cc(-c3ccc(N(c4ccccc4)c4cccc5c4oc4ccccc45)cc3)ccc2-c2c1cc(F)c1ccccc21. The van der Waals surface area contributed by atoms with Crippen LogP contribution in [0.4, 0.5) is 21.5 Å². The number of halogens is 1. The number of nitrogens with zero attached hydrogens (tertiary/aromatic N) is 1. The first kappa shape index (κ1) is 26.7. The number of anilines is 3. The molecule has 0 saturated heterocycles. The molecular weight excluding hydrogens is 565 g/mol. The first-order valence-corrected chi connectivity index (χ1v) is 15.7. The van der Waals surface area contributed by atoms with Crippen LogP contribution in [0.2, 0.25) is 0 Å². The van der Waals surface area contributed by atoms with Crippen LogP contribution in [0.25, 0.3) is 55.0 Å². The minimum absolute atomic E-state index is 0.160. The molecule has 0 amide bonds. The molecule has 0 aliphatic heterocycles. The molecule has 2 nitrogen and oxygen atoms in total. The standard InChI is InChI=1S/C43H30FNO/c1-43(2)36-25-28(21-24-35(36)41-33-15-7-6-13-31(33)38(44)26-37(41)43)27-19-22-30(23-20-27)45(29-11-4-3-5-12-29)39-17-10-16-34-32-14-8-9-18-40(32)46-42(34)39/h3-26H,1-2H3. The van der Waals surface area contributed by atoms with E-state index in [1.54, 1.807) is 6.07 Å². The molecule has 46 heavy (non-hydrogen) atoms. The van der Waals surface area contributed by atoms with Gasteiger partial charge in [0, 0.05) is 32.9 Å². The van der Waals surface area contributed by atoms with Gasteiger partial charge in [0.05, 0.1) is 5.69 Å². The van der Waals surface area contributed by atoms with E-state index in [0.29, 0.717) is 5.39 Å². The maximum absolute atomic E-state index is 15.2. The highest BCUT2D eigenvalue weighted by atomic mass is 19.1. The average molecular weight is 596 g/mol. The van der Waals surface area contributed by atoms with Gasteiger partial charge in [0.25, 0.3) is 0 Å². The van der Waals surface area contributed by atoms with Gasteiger partial charge in [-0.1, -0.05) is 111 Å². The molecular formula is C43H30FNO. The summed E-state index contributed by atoms with van der Waals surface area (Å²) in [7, 11) is 0. The molecule has 7 aromatic carbocycles. The number of furan rings is 1. The molecule has 0 radical (unpaired) electrons. The average Bonchev–Trinajstić information content (AvgIpc) is 3.58. The number of hydrogen-bond donors (Lipinski definition) is 0. The lowest BCUT2D eigenvalue weighted by Gasteiger charge is -2.26. The molecule has 0 atom stereocenters. The Hall–Kier alpha value is -5.67. The number of benzene rings is 7. The quantitative estimate of drug-likeness (QED) is 0.201. The second-order valence-electron chi connectivity index (χ2n) is 12.7. The highest BCUT2D eigenvalue weighted by Crippen LogP contribution is 2.52. The second-order valence-corrected chi connectivity index (χ2v) is 12.7. The maximum atomic E-state index is 15.2. The number of fused-ring (bicyclic) bond motifs is 8. The summed E-state index contributed by atoms with van der Waals surface area (Å²) in [4.78, 5) is 2.26. The van der Waals surface area contributed by atoms with Crippen molar-refractivity contribution in [3.05, 3.63) is 163 Å². The van der Waals surface area contributed by atoms with Gasteiger partial charge in [0.1, 0.15) is 11.4 Å². The molecule has 1 aromatic heterocycles. The monoisotopic (exact) mass is 595 g/mol. The molecule has 1 aliphatic rings. The van der Waals surface area contributed by atoms with Crippen molar-refractivity contribution >= 4 is 49.8 Å². The molecule has 0 unspecified atom stereocenters. The summed E-state index contributed by atoms with van der Waals surface area (Å²) < 4.78 is 21.7. The smallest absolute Gasteiger partial charge is 0.159 e. The molecule has 9 rings (SSSR count). The lowest BCUT2D eigenvalue weighted by atomic mass is 9.81.